The molecule has 0 spiro atoms. The highest BCUT2D eigenvalue weighted by Crippen LogP contribution is 2.24. The van der Waals surface area contributed by atoms with Gasteiger partial charge in [-0.3, -0.25) is 0 Å². The third-order valence-electron chi connectivity index (χ3n) is 3.64. The normalized spacial score (nSPS) is 20.3. The number of thioether (sulfide) groups is 1. The van der Waals surface area contributed by atoms with Gasteiger partial charge >= 0.3 is 0 Å². The Bertz CT molecular complexity index is 500. The van der Waals surface area contributed by atoms with Crippen molar-refractivity contribution in [2.45, 2.75) is 31.1 Å². The summed E-state index contributed by atoms with van der Waals surface area (Å²) in [7, 11) is 0. The minimum absolute atomic E-state index is 0.823. The van der Waals surface area contributed by atoms with Crippen LogP contribution in [0.3, 0.4) is 0 Å². The van der Waals surface area contributed by atoms with Gasteiger partial charge in [-0.05, 0) is 30.2 Å². The molecule has 1 fully saturated rings. The van der Waals surface area contributed by atoms with Gasteiger partial charge in [0.2, 0.25) is 0 Å². The van der Waals surface area contributed by atoms with Crippen molar-refractivity contribution in [3.8, 4) is 0 Å². The summed E-state index contributed by atoms with van der Waals surface area (Å²) in [4.78, 5) is 3.33. The monoisotopic (exact) mass is 260 g/mol. The van der Waals surface area contributed by atoms with Gasteiger partial charge in [0, 0.05) is 35.4 Å². The van der Waals surface area contributed by atoms with Crippen LogP contribution in [0.1, 0.15) is 24.8 Å². The second-order valence-corrected chi connectivity index (χ2v) is 6.39. The van der Waals surface area contributed by atoms with Crippen molar-refractivity contribution < 1.29 is 0 Å². The SMILES string of the molecule is c1ccc2c(CNCC3CCCCS3)c[nH]c2c1. The maximum absolute atomic E-state index is 3.61. The number of aromatic nitrogens is 1. The Labute approximate surface area is 113 Å². The minimum Gasteiger partial charge on any atom is -0.361 e. The fourth-order valence-corrected chi connectivity index (χ4v) is 3.89. The standard InChI is InChI=1S/C15H20N2S/c1-2-7-15-14(6-1)12(10-17-15)9-16-11-13-5-3-4-8-18-13/h1-2,6-7,10,13,16-17H,3-5,8-9,11H2. The second kappa shape index (κ2) is 5.81. The molecule has 1 atom stereocenters. The molecule has 1 unspecified atom stereocenters. The smallest absolute Gasteiger partial charge is 0.0457 e. The van der Waals surface area contributed by atoms with Gasteiger partial charge in [0.15, 0.2) is 0 Å². The maximum atomic E-state index is 3.61. The van der Waals surface area contributed by atoms with Crippen LogP contribution in [0.15, 0.2) is 30.5 Å². The van der Waals surface area contributed by atoms with Crippen LogP contribution in [-0.4, -0.2) is 22.5 Å². The van der Waals surface area contributed by atoms with E-state index in [0.29, 0.717) is 0 Å². The molecule has 0 radical (unpaired) electrons. The van der Waals surface area contributed by atoms with Crippen LogP contribution in [0.4, 0.5) is 0 Å². The first kappa shape index (κ1) is 12.1. The Balaban J connectivity index is 1.56. The summed E-state index contributed by atoms with van der Waals surface area (Å²) in [6.45, 7) is 2.12. The lowest BCUT2D eigenvalue weighted by molar-refractivity contribution is 0.599. The third kappa shape index (κ3) is 2.73. The molecule has 1 aliphatic heterocycles. The number of para-hydroxylation sites is 1. The van der Waals surface area contributed by atoms with E-state index in [2.05, 4.69) is 52.5 Å². The molecule has 3 heteroatoms. The quantitative estimate of drug-likeness (QED) is 0.880. The second-order valence-electron chi connectivity index (χ2n) is 4.98. The average molecular weight is 260 g/mol. The molecule has 1 aromatic heterocycles. The van der Waals surface area contributed by atoms with Crippen molar-refractivity contribution in [1.82, 2.24) is 10.3 Å². The van der Waals surface area contributed by atoms with Crippen molar-refractivity contribution >= 4 is 22.7 Å². The third-order valence-corrected chi connectivity index (χ3v) is 5.03. The van der Waals surface area contributed by atoms with Crippen molar-refractivity contribution in [3.05, 3.63) is 36.0 Å². The molecule has 96 valence electrons. The van der Waals surface area contributed by atoms with Gasteiger partial charge in [-0.25, -0.2) is 0 Å². The van der Waals surface area contributed by atoms with Crippen LogP contribution in [0, 0.1) is 0 Å². The summed E-state index contributed by atoms with van der Waals surface area (Å²) in [5, 5.41) is 5.78. The summed E-state index contributed by atoms with van der Waals surface area (Å²) < 4.78 is 0. The summed E-state index contributed by atoms with van der Waals surface area (Å²) in [5.74, 6) is 1.35. The van der Waals surface area contributed by atoms with E-state index in [9.17, 15) is 0 Å². The molecule has 2 aromatic rings. The highest BCUT2D eigenvalue weighted by atomic mass is 32.2. The van der Waals surface area contributed by atoms with E-state index >= 15 is 0 Å². The van der Waals surface area contributed by atoms with Gasteiger partial charge in [-0.2, -0.15) is 11.8 Å². The van der Waals surface area contributed by atoms with E-state index in [1.807, 2.05) is 0 Å². The molecule has 1 aromatic carbocycles. The molecule has 0 bridgehead atoms. The Hall–Kier alpha value is -0.930. The molecular formula is C15H20N2S. The van der Waals surface area contributed by atoms with Gasteiger partial charge in [0.05, 0.1) is 0 Å². The zero-order valence-corrected chi connectivity index (χ0v) is 11.4. The lowest BCUT2D eigenvalue weighted by atomic mass is 10.1. The minimum atomic E-state index is 0.823. The first-order valence-electron chi connectivity index (χ1n) is 6.81. The lowest BCUT2D eigenvalue weighted by Gasteiger charge is -2.21. The molecule has 2 heterocycles. The Kier molecular flexibility index (Phi) is 3.91. The van der Waals surface area contributed by atoms with E-state index in [0.717, 1.165) is 18.3 Å². The van der Waals surface area contributed by atoms with Crippen molar-refractivity contribution in [1.29, 1.82) is 0 Å². The summed E-state index contributed by atoms with van der Waals surface area (Å²) in [6, 6.07) is 8.51. The van der Waals surface area contributed by atoms with Crippen LogP contribution in [0.2, 0.25) is 0 Å². The number of hydrogen-bond acceptors (Lipinski definition) is 2. The van der Waals surface area contributed by atoms with E-state index in [1.54, 1.807) is 0 Å². The summed E-state index contributed by atoms with van der Waals surface area (Å²) >= 11 is 2.13. The number of H-pyrrole nitrogens is 1. The van der Waals surface area contributed by atoms with Crippen molar-refractivity contribution in [2.24, 2.45) is 0 Å². The van der Waals surface area contributed by atoms with Crippen LogP contribution in [0.25, 0.3) is 10.9 Å². The highest BCUT2D eigenvalue weighted by molar-refractivity contribution is 7.99. The zero-order valence-electron chi connectivity index (χ0n) is 10.6. The maximum Gasteiger partial charge on any atom is 0.0457 e. The number of rotatable bonds is 4. The van der Waals surface area contributed by atoms with Gasteiger partial charge < -0.3 is 10.3 Å². The Morgan fingerprint density at radius 1 is 1.28 bits per heavy atom. The first-order chi connectivity index (χ1) is 8.93. The topological polar surface area (TPSA) is 27.8 Å². The zero-order chi connectivity index (χ0) is 12.2. The molecule has 0 aliphatic carbocycles. The molecule has 3 rings (SSSR count). The van der Waals surface area contributed by atoms with Crippen molar-refractivity contribution in [2.75, 3.05) is 12.3 Å². The summed E-state index contributed by atoms with van der Waals surface area (Å²) in [5.41, 5.74) is 2.62. The molecule has 1 aliphatic rings. The molecular weight excluding hydrogens is 240 g/mol. The number of hydrogen-bond donors (Lipinski definition) is 2. The van der Waals surface area contributed by atoms with Crippen molar-refractivity contribution in [3.63, 3.8) is 0 Å². The van der Waals surface area contributed by atoms with Crippen LogP contribution < -0.4 is 5.32 Å². The Morgan fingerprint density at radius 2 is 2.22 bits per heavy atom. The van der Waals surface area contributed by atoms with E-state index < -0.39 is 0 Å². The number of benzene rings is 1. The molecule has 2 N–H and O–H groups in total. The number of nitrogens with one attached hydrogen (secondary N) is 2. The van der Waals surface area contributed by atoms with Gasteiger partial charge in [-0.15, -0.1) is 0 Å². The molecule has 2 nitrogen and oxygen atoms in total. The number of fused-ring (bicyclic) bond motifs is 1. The predicted molar refractivity (Wildman–Crippen MR) is 80.1 cm³/mol. The fourth-order valence-electron chi connectivity index (χ4n) is 2.61. The largest absolute Gasteiger partial charge is 0.361 e. The molecule has 0 saturated carbocycles. The van der Waals surface area contributed by atoms with E-state index in [4.69, 9.17) is 0 Å². The predicted octanol–water partition coefficient (Wildman–Crippen LogP) is 3.54. The Morgan fingerprint density at radius 3 is 3.11 bits per heavy atom. The van der Waals surface area contributed by atoms with E-state index in [1.165, 1.54) is 41.5 Å². The van der Waals surface area contributed by atoms with Gasteiger partial charge in [0.1, 0.15) is 0 Å². The van der Waals surface area contributed by atoms with Gasteiger partial charge in [0.25, 0.3) is 0 Å². The molecule has 18 heavy (non-hydrogen) atoms. The van der Waals surface area contributed by atoms with Crippen LogP contribution >= 0.6 is 11.8 Å². The fraction of sp³-hybridized carbons (Fsp3) is 0.467. The highest BCUT2D eigenvalue weighted by Gasteiger charge is 2.13. The van der Waals surface area contributed by atoms with Crippen LogP contribution in [0.5, 0.6) is 0 Å². The number of aromatic amines is 1. The average Bonchev–Trinajstić information content (AvgIpc) is 2.84. The van der Waals surface area contributed by atoms with E-state index in [-0.39, 0.29) is 0 Å². The summed E-state index contributed by atoms with van der Waals surface area (Å²) in [6.07, 6.45) is 6.33. The molecule has 0 amide bonds. The lowest BCUT2D eigenvalue weighted by Crippen LogP contribution is -2.26. The van der Waals surface area contributed by atoms with Gasteiger partial charge in [-0.1, -0.05) is 24.6 Å². The van der Waals surface area contributed by atoms with Crippen LogP contribution in [-0.2, 0) is 6.54 Å². The first-order valence-corrected chi connectivity index (χ1v) is 7.85. The molecule has 1 saturated heterocycles.